The van der Waals surface area contributed by atoms with Crippen LogP contribution >= 0.6 is 0 Å². The minimum Gasteiger partial charge on any atom is -0.325 e. The van der Waals surface area contributed by atoms with Crippen LogP contribution in [-0.4, -0.2) is 9.97 Å². The van der Waals surface area contributed by atoms with Crippen LogP contribution in [0.15, 0.2) is 30.3 Å². The van der Waals surface area contributed by atoms with Gasteiger partial charge in [-0.05, 0) is 25.0 Å². The third-order valence-corrected chi connectivity index (χ3v) is 2.93. The number of hydrogen-bond acceptors (Lipinski definition) is 3. The summed E-state index contributed by atoms with van der Waals surface area (Å²) in [5.74, 6) is 0.847. The van der Waals surface area contributed by atoms with E-state index in [0.29, 0.717) is 6.54 Å². The lowest BCUT2D eigenvalue weighted by Crippen LogP contribution is -2.09. The molecule has 0 radical (unpaired) electrons. The summed E-state index contributed by atoms with van der Waals surface area (Å²) in [6.45, 7) is 4.49. The number of rotatable bonds is 3. The van der Waals surface area contributed by atoms with Crippen molar-refractivity contribution >= 4 is 0 Å². The van der Waals surface area contributed by atoms with E-state index in [1.807, 2.05) is 32.0 Å². The van der Waals surface area contributed by atoms with Crippen LogP contribution < -0.4 is 5.73 Å². The van der Waals surface area contributed by atoms with Gasteiger partial charge in [-0.3, -0.25) is 0 Å². The minimum absolute atomic E-state index is 0.469. The monoisotopic (exact) mass is 227 g/mol. The highest BCUT2D eigenvalue weighted by Crippen LogP contribution is 2.11. The Kier molecular flexibility index (Phi) is 3.49. The van der Waals surface area contributed by atoms with Gasteiger partial charge in [-0.15, -0.1) is 0 Å². The molecule has 2 rings (SSSR count). The van der Waals surface area contributed by atoms with Crippen molar-refractivity contribution in [3.63, 3.8) is 0 Å². The highest BCUT2D eigenvalue weighted by Gasteiger charge is 2.07. The van der Waals surface area contributed by atoms with Gasteiger partial charge < -0.3 is 5.73 Å². The van der Waals surface area contributed by atoms with E-state index in [1.165, 1.54) is 5.56 Å². The van der Waals surface area contributed by atoms with E-state index in [9.17, 15) is 0 Å². The maximum absolute atomic E-state index is 5.69. The Morgan fingerprint density at radius 1 is 1.06 bits per heavy atom. The number of hydrogen-bond donors (Lipinski definition) is 1. The van der Waals surface area contributed by atoms with Gasteiger partial charge in [0.1, 0.15) is 5.82 Å². The van der Waals surface area contributed by atoms with Crippen molar-refractivity contribution in [3.05, 3.63) is 58.7 Å². The van der Waals surface area contributed by atoms with Gasteiger partial charge in [-0.25, -0.2) is 9.97 Å². The Hall–Kier alpha value is -1.74. The van der Waals surface area contributed by atoms with Crippen molar-refractivity contribution in [2.75, 3.05) is 0 Å². The van der Waals surface area contributed by atoms with E-state index in [4.69, 9.17) is 5.73 Å². The number of nitrogens with zero attached hydrogens (tertiary/aromatic N) is 2. The highest BCUT2D eigenvalue weighted by atomic mass is 14.9. The molecule has 3 heteroatoms. The summed E-state index contributed by atoms with van der Waals surface area (Å²) >= 11 is 0. The van der Waals surface area contributed by atoms with Gasteiger partial charge in [0, 0.05) is 18.7 Å². The van der Waals surface area contributed by atoms with Gasteiger partial charge in [-0.1, -0.05) is 30.3 Å². The molecule has 1 heterocycles. The first-order valence-electron chi connectivity index (χ1n) is 5.77. The van der Waals surface area contributed by atoms with Crippen molar-refractivity contribution < 1.29 is 0 Å². The minimum atomic E-state index is 0.469. The predicted molar refractivity (Wildman–Crippen MR) is 68.6 cm³/mol. The molecule has 2 N–H and O–H groups in total. The Morgan fingerprint density at radius 3 is 2.41 bits per heavy atom. The van der Waals surface area contributed by atoms with Crippen LogP contribution in [0.4, 0.5) is 0 Å². The summed E-state index contributed by atoms with van der Waals surface area (Å²) in [5, 5.41) is 0. The van der Waals surface area contributed by atoms with Crippen molar-refractivity contribution in [1.29, 1.82) is 0 Å². The van der Waals surface area contributed by atoms with Gasteiger partial charge >= 0.3 is 0 Å². The molecule has 2 aromatic rings. The quantitative estimate of drug-likeness (QED) is 0.874. The zero-order chi connectivity index (χ0) is 12.3. The van der Waals surface area contributed by atoms with E-state index in [1.54, 1.807) is 0 Å². The smallest absolute Gasteiger partial charge is 0.133 e. The first kappa shape index (κ1) is 11.7. The van der Waals surface area contributed by atoms with E-state index >= 15 is 0 Å². The molecule has 1 aromatic heterocycles. The molecule has 0 aliphatic heterocycles. The molecule has 88 valence electrons. The van der Waals surface area contributed by atoms with Gasteiger partial charge in [0.25, 0.3) is 0 Å². The normalized spacial score (nSPS) is 10.5. The Bertz CT molecular complexity index is 506. The molecule has 0 aliphatic rings. The van der Waals surface area contributed by atoms with Gasteiger partial charge in [-0.2, -0.15) is 0 Å². The van der Waals surface area contributed by atoms with Crippen molar-refractivity contribution in [1.82, 2.24) is 9.97 Å². The third-order valence-electron chi connectivity index (χ3n) is 2.93. The highest BCUT2D eigenvalue weighted by molar-refractivity contribution is 5.26. The second-order valence-electron chi connectivity index (χ2n) is 4.16. The van der Waals surface area contributed by atoms with Crippen LogP contribution in [0, 0.1) is 13.8 Å². The average Bonchev–Trinajstić information content (AvgIpc) is 2.35. The maximum Gasteiger partial charge on any atom is 0.133 e. The number of aromatic nitrogens is 2. The molecule has 0 unspecified atom stereocenters. The summed E-state index contributed by atoms with van der Waals surface area (Å²) in [4.78, 5) is 9.02. The maximum atomic E-state index is 5.69. The van der Waals surface area contributed by atoms with Crippen LogP contribution in [0.3, 0.4) is 0 Å². The van der Waals surface area contributed by atoms with Gasteiger partial charge in [0.2, 0.25) is 0 Å². The fourth-order valence-corrected chi connectivity index (χ4v) is 1.81. The lowest BCUT2D eigenvalue weighted by molar-refractivity contribution is 0.854. The lowest BCUT2D eigenvalue weighted by atomic mass is 10.1. The average molecular weight is 227 g/mol. The first-order chi connectivity index (χ1) is 8.20. The first-order valence-corrected chi connectivity index (χ1v) is 5.77. The van der Waals surface area contributed by atoms with Crippen LogP contribution in [0.1, 0.15) is 28.3 Å². The molecule has 0 atom stereocenters. The third kappa shape index (κ3) is 2.68. The number of benzene rings is 1. The summed E-state index contributed by atoms with van der Waals surface area (Å²) < 4.78 is 0. The molecule has 0 amide bonds. The van der Waals surface area contributed by atoms with Crippen LogP contribution in [-0.2, 0) is 13.0 Å². The lowest BCUT2D eigenvalue weighted by Gasteiger charge is -2.08. The van der Waals surface area contributed by atoms with Crippen LogP contribution in [0.5, 0.6) is 0 Å². The number of nitrogens with two attached hydrogens (primary N) is 1. The van der Waals surface area contributed by atoms with Crippen molar-refractivity contribution in [2.45, 2.75) is 26.8 Å². The van der Waals surface area contributed by atoms with E-state index in [-0.39, 0.29) is 0 Å². The van der Waals surface area contributed by atoms with E-state index < -0.39 is 0 Å². The van der Waals surface area contributed by atoms with Crippen LogP contribution in [0.2, 0.25) is 0 Å². The van der Waals surface area contributed by atoms with Gasteiger partial charge in [0.05, 0.1) is 5.69 Å². The summed E-state index contributed by atoms with van der Waals surface area (Å²) in [5.41, 5.74) is 9.98. The topological polar surface area (TPSA) is 51.8 Å². The van der Waals surface area contributed by atoms with Gasteiger partial charge in [0.15, 0.2) is 0 Å². The predicted octanol–water partition coefficient (Wildman–Crippen LogP) is 2.14. The molecular weight excluding hydrogens is 210 g/mol. The van der Waals surface area contributed by atoms with E-state index in [2.05, 4.69) is 22.1 Å². The van der Waals surface area contributed by atoms with Crippen molar-refractivity contribution in [2.24, 2.45) is 5.73 Å². The summed E-state index contributed by atoms with van der Waals surface area (Å²) in [7, 11) is 0. The standard InChI is InChI=1S/C14H17N3/c1-10-11(2)16-14(17-13(10)9-15)8-12-6-4-3-5-7-12/h3-7H,8-9,15H2,1-2H3. The molecular formula is C14H17N3. The SMILES string of the molecule is Cc1nc(Cc2ccccc2)nc(CN)c1C. The second kappa shape index (κ2) is 5.06. The van der Waals surface area contributed by atoms with Crippen molar-refractivity contribution in [3.8, 4) is 0 Å². The molecule has 0 aliphatic carbocycles. The molecule has 0 fully saturated rings. The zero-order valence-electron chi connectivity index (χ0n) is 10.3. The molecule has 0 spiro atoms. The fraction of sp³-hybridized carbons (Fsp3) is 0.286. The molecule has 0 saturated carbocycles. The summed E-state index contributed by atoms with van der Waals surface area (Å²) in [6.07, 6.45) is 0.759. The Morgan fingerprint density at radius 2 is 1.76 bits per heavy atom. The number of aryl methyl sites for hydroxylation is 1. The molecule has 17 heavy (non-hydrogen) atoms. The molecule has 3 nitrogen and oxygen atoms in total. The zero-order valence-corrected chi connectivity index (χ0v) is 10.3. The largest absolute Gasteiger partial charge is 0.325 e. The van der Waals surface area contributed by atoms with Crippen LogP contribution in [0.25, 0.3) is 0 Å². The molecule has 0 saturated heterocycles. The molecule has 1 aromatic carbocycles. The Balaban J connectivity index is 2.31. The second-order valence-corrected chi connectivity index (χ2v) is 4.16. The van der Waals surface area contributed by atoms with E-state index in [0.717, 1.165) is 29.2 Å². The fourth-order valence-electron chi connectivity index (χ4n) is 1.81. The molecule has 0 bridgehead atoms. The summed E-state index contributed by atoms with van der Waals surface area (Å²) in [6, 6.07) is 10.2. The Labute approximate surface area is 102 Å².